The summed E-state index contributed by atoms with van der Waals surface area (Å²) in [5, 5.41) is 13.4. The van der Waals surface area contributed by atoms with Gasteiger partial charge in [-0.25, -0.2) is 4.98 Å². The van der Waals surface area contributed by atoms with Crippen LogP contribution in [0.3, 0.4) is 0 Å². The number of benzene rings is 2. The first kappa shape index (κ1) is 23.0. The zero-order chi connectivity index (χ0) is 26.0. The van der Waals surface area contributed by atoms with Crippen LogP contribution in [0.4, 0.5) is 0 Å². The molecular weight excluding hydrogens is 482 g/mol. The van der Waals surface area contributed by atoms with Crippen molar-refractivity contribution in [3.63, 3.8) is 0 Å². The van der Waals surface area contributed by atoms with Crippen molar-refractivity contribution in [2.45, 2.75) is 13.1 Å². The lowest BCUT2D eigenvalue weighted by Crippen LogP contribution is -2.12. The van der Waals surface area contributed by atoms with Crippen LogP contribution >= 0.6 is 0 Å². The van der Waals surface area contributed by atoms with E-state index >= 15 is 0 Å². The predicted octanol–water partition coefficient (Wildman–Crippen LogP) is 6.52. The van der Waals surface area contributed by atoms with Crippen LogP contribution in [0.25, 0.3) is 55.7 Å². The molecule has 0 aliphatic rings. The minimum absolute atomic E-state index is 0.746. The van der Waals surface area contributed by atoms with Gasteiger partial charge in [0.25, 0.3) is 0 Å². The van der Waals surface area contributed by atoms with E-state index in [4.69, 9.17) is 0 Å². The largest absolute Gasteiger partial charge is 0.338 e. The van der Waals surface area contributed by atoms with E-state index in [1.54, 1.807) is 6.20 Å². The second-order valence-corrected chi connectivity index (χ2v) is 9.52. The van der Waals surface area contributed by atoms with E-state index in [2.05, 4.69) is 90.0 Å². The average Bonchev–Trinajstić information content (AvgIpc) is 3.62. The van der Waals surface area contributed by atoms with Gasteiger partial charge in [0.05, 0.1) is 16.9 Å². The second-order valence-electron chi connectivity index (χ2n) is 9.52. The summed E-state index contributed by atoms with van der Waals surface area (Å²) in [4.78, 5) is 17.1. The van der Waals surface area contributed by atoms with Crippen LogP contribution in [0, 0.1) is 0 Å². The lowest BCUT2D eigenvalue weighted by Gasteiger charge is -2.08. The van der Waals surface area contributed by atoms with Crippen molar-refractivity contribution in [1.82, 2.24) is 35.5 Å². The van der Waals surface area contributed by atoms with Crippen molar-refractivity contribution in [3.8, 4) is 33.8 Å². The van der Waals surface area contributed by atoms with Gasteiger partial charge < -0.3 is 10.3 Å². The van der Waals surface area contributed by atoms with Crippen LogP contribution in [0.1, 0.15) is 11.1 Å². The molecule has 5 aromatic heterocycles. The van der Waals surface area contributed by atoms with Crippen LogP contribution in [-0.4, -0.2) is 30.1 Å². The molecule has 0 saturated heterocycles. The molecular formula is C32H25N7. The first-order chi connectivity index (χ1) is 19.3. The summed E-state index contributed by atoms with van der Waals surface area (Å²) < 4.78 is 0. The number of hydrogen-bond acceptors (Lipinski definition) is 5. The first-order valence-electron chi connectivity index (χ1n) is 12.9. The molecule has 0 radical (unpaired) electrons. The Labute approximate surface area is 225 Å². The monoisotopic (exact) mass is 507 g/mol. The molecule has 7 nitrogen and oxygen atoms in total. The molecule has 0 amide bonds. The highest BCUT2D eigenvalue weighted by Gasteiger charge is 2.15. The van der Waals surface area contributed by atoms with Gasteiger partial charge in [-0.1, -0.05) is 42.5 Å². The maximum Gasteiger partial charge on any atom is 0.138 e. The number of nitrogens with zero attached hydrogens (tertiary/aromatic N) is 4. The Kier molecular flexibility index (Phi) is 5.88. The van der Waals surface area contributed by atoms with Crippen LogP contribution < -0.4 is 5.32 Å². The minimum atomic E-state index is 0.746. The molecule has 39 heavy (non-hydrogen) atoms. The summed E-state index contributed by atoms with van der Waals surface area (Å²) >= 11 is 0. The summed E-state index contributed by atoms with van der Waals surface area (Å²) in [5.41, 5.74) is 10.0. The van der Waals surface area contributed by atoms with Gasteiger partial charge in [-0.2, -0.15) is 5.10 Å². The maximum atomic E-state index is 4.66. The zero-order valence-corrected chi connectivity index (χ0v) is 21.1. The molecule has 0 unspecified atom stereocenters. The van der Waals surface area contributed by atoms with Gasteiger partial charge in [-0.05, 0) is 59.2 Å². The molecule has 0 fully saturated rings. The smallest absolute Gasteiger partial charge is 0.138 e. The number of hydrogen-bond donors (Lipinski definition) is 3. The standard InChI is InChI=1S/C32H25N7/c1-2-6-21(7-3-1)17-33-18-22-14-24(20-34-19-22)23-9-10-29-27(15-23)31(39-38-29)30-16-26-25(11-13-36-32(26)37-30)28-8-4-5-12-35-28/h1-16,19-20,33H,17-18H2,(H,36,37)(H,38,39). The highest BCUT2D eigenvalue weighted by molar-refractivity contribution is 6.00. The number of fused-ring (bicyclic) bond motifs is 2. The van der Waals surface area contributed by atoms with Gasteiger partial charge in [0.1, 0.15) is 11.3 Å². The Hall–Kier alpha value is -5.14. The van der Waals surface area contributed by atoms with E-state index in [0.29, 0.717) is 0 Å². The molecule has 7 heteroatoms. The van der Waals surface area contributed by atoms with Gasteiger partial charge in [-0.3, -0.25) is 15.1 Å². The Balaban J connectivity index is 1.20. The van der Waals surface area contributed by atoms with E-state index in [1.165, 1.54) is 5.56 Å². The highest BCUT2D eigenvalue weighted by Crippen LogP contribution is 2.34. The second kappa shape index (κ2) is 9.96. The van der Waals surface area contributed by atoms with Crippen molar-refractivity contribution in [2.24, 2.45) is 0 Å². The summed E-state index contributed by atoms with van der Waals surface area (Å²) in [5.74, 6) is 0. The fraction of sp³-hybridized carbons (Fsp3) is 0.0625. The number of nitrogens with one attached hydrogen (secondary N) is 3. The van der Waals surface area contributed by atoms with Crippen molar-refractivity contribution >= 4 is 21.9 Å². The predicted molar refractivity (Wildman–Crippen MR) is 155 cm³/mol. The van der Waals surface area contributed by atoms with Gasteiger partial charge >= 0.3 is 0 Å². The number of H-pyrrole nitrogens is 2. The van der Waals surface area contributed by atoms with Gasteiger partial charge in [-0.15, -0.1) is 0 Å². The molecule has 7 aromatic rings. The van der Waals surface area contributed by atoms with Crippen molar-refractivity contribution in [3.05, 3.63) is 121 Å². The summed E-state index contributed by atoms with van der Waals surface area (Å²) in [6.07, 6.45) is 7.44. The highest BCUT2D eigenvalue weighted by atomic mass is 15.1. The summed E-state index contributed by atoms with van der Waals surface area (Å²) in [7, 11) is 0. The SMILES string of the molecule is c1ccc(CNCc2cncc(-c3ccc4[nH]nc(-c5cc6c(-c7ccccn7)ccnc6[nH]5)c4c3)c2)cc1. The fourth-order valence-corrected chi connectivity index (χ4v) is 4.99. The third-order valence-electron chi connectivity index (χ3n) is 6.92. The van der Waals surface area contributed by atoms with Gasteiger partial charge in [0.2, 0.25) is 0 Å². The third kappa shape index (κ3) is 4.56. The van der Waals surface area contributed by atoms with E-state index < -0.39 is 0 Å². The summed E-state index contributed by atoms with van der Waals surface area (Å²) in [6, 6.07) is 29.0. The van der Waals surface area contributed by atoms with E-state index in [-0.39, 0.29) is 0 Å². The Morgan fingerprint density at radius 3 is 2.49 bits per heavy atom. The lowest BCUT2D eigenvalue weighted by molar-refractivity contribution is 0.691. The van der Waals surface area contributed by atoms with E-state index in [1.807, 2.05) is 48.9 Å². The first-order valence-corrected chi connectivity index (χ1v) is 12.9. The number of aromatic nitrogens is 6. The van der Waals surface area contributed by atoms with E-state index in [0.717, 1.165) is 74.4 Å². The average molecular weight is 508 g/mol. The molecule has 3 N–H and O–H groups in total. The Bertz CT molecular complexity index is 1890. The van der Waals surface area contributed by atoms with Gasteiger partial charge in [0.15, 0.2) is 0 Å². The molecule has 7 rings (SSSR count). The normalized spacial score (nSPS) is 11.4. The van der Waals surface area contributed by atoms with Crippen LogP contribution in [0.15, 0.2) is 110 Å². The molecule has 0 aliphatic carbocycles. The minimum Gasteiger partial charge on any atom is -0.338 e. The fourth-order valence-electron chi connectivity index (χ4n) is 4.99. The zero-order valence-electron chi connectivity index (χ0n) is 21.1. The molecule has 2 aromatic carbocycles. The van der Waals surface area contributed by atoms with Crippen molar-refractivity contribution in [1.29, 1.82) is 0 Å². The quantitative estimate of drug-likeness (QED) is 0.228. The summed E-state index contributed by atoms with van der Waals surface area (Å²) in [6.45, 7) is 1.56. The van der Waals surface area contributed by atoms with Crippen molar-refractivity contribution < 1.29 is 0 Å². The maximum absolute atomic E-state index is 4.66. The molecule has 0 spiro atoms. The lowest BCUT2D eigenvalue weighted by atomic mass is 10.0. The van der Waals surface area contributed by atoms with Crippen molar-refractivity contribution in [2.75, 3.05) is 0 Å². The molecule has 0 bridgehead atoms. The Morgan fingerprint density at radius 2 is 1.59 bits per heavy atom. The van der Waals surface area contributed by atoms with Crippen LogP contribution in [0.2, 0.25) is 0 Å². The Morgan fingerprint density at radius 1 is 0.692 bits per heavy atom. The molecule has 0 saturated carbocycles. The topological polar surface area (TPSA) is 95.2 Å². The van der Waals surface area contributed by atoms with Gasteiger partial charge in [0, 0.05) is 59.8 Å². The van der Waals surface area contributed by atoms with E-state index in [9.17, 15) is 0 Å². The van der Waals surface area contributed by atoms with Crippen LogP contribution in [0.5, 0.6) is 0 Å². The number of aromatic amines is 2. The number of rotatable bonds is 7. The molecule has 0 atom stereocenters. The third-order valence-corrected chi connectivity index (χ3v) is 6.92. The molecule has 0 aliphatic heterocycles. The molecule has 5 heterocycles. The number of pyridine rings is 3. The molecule has 188 valence electrons. The van der Waals surface area contributed by atoms with Crippen LogP contribution in [-0.2, 0) is 13.1 Å².